The van der Waals surface area contributed by atoms with Crippen LogP contribution < -0.4 is 20.3 Å². The molecule has 182 valence electrons. The van der Waals surface area contributed by atoms with Crippen molar-refractivity contribution in [1.29, 1.82) is 0 Å². The van der Waals surface area contributed by atoms with E-state index in [0.29, 0.717) is 41.0 Å². The van der Waals surface area contributed by atoms with Crippen LogP contribution >= 0.6 is 11.3 Å². The molecule has 10 heteroatoms. The average Bonchev–Trinajstić information content (AvgIpc) is 3.45. The maximum atomic E-state index is 12.8. The second-order valence-electron chi connectivity index (χ2n) is 8.42. The standard InChI is InChI=1S/C25H27N5O4S/c1-15-7-8-20(16(2)11-15)30-14-18(13-22(30)31)24(33)27-25-29-28-21(35-25)9-10-26-23(32)17-5-4-6-19(12-17)34-3/h4-8,11-12,18H,9-10,13-14H2,1-3H3,(H,26,32)(H,27,29,33). The Morgan fingerprint density at radius 2 is 2.00 bits per heavy atom. The number of nitrogens with zero attached hydrogens (tertiary/aromatic N) is 3. The molecule has 2 N–H and O–H groups in total. The Morgan fingerprint density at radius 1 is 1.17 bits per heavy atom. The van der Waals surface area contributed by atoms with E-state index < -0.39 is 5.92 Å². The van der Waals surface area contributed by atoms with Gasteiger partial charge in [-0.2, -0.15) is 0 Å². The fourth-order valence-corrected chi connectivity index (χ4v) is 4.73. The van der Waals surface area contributed by atoms with Crippen LogP contribution in [0.4, 0.5) is 10.8 Å². The zero-order valence-electron chi connectivity index (χ0n) is 19.8. The normalized spacial score (nSPS) is 15.2. The second kappa shape index (κ2) is 10.6. The van der Waals surface area contributed by atoms with Gasteiger partial charge in [0.15, 0.2) is 0 Å². The van der Waals surface area contributed by atoms with Crippen molar-refractivity contribution in [2.75, 3.05) is 30.4 Å². The Bertz CT molecular complexity index is 1260. The summed E-state index contributed by atoms with van der Waals surface area (Å²) >= 11 is 1.25. The predicted molar refractivity (Wildman–Crippen MR) is 134 cm³/mol. The Balaban J connectivity index is 1.28. The number of nitrogens with one attached hydrogen (secondary N) is 2. The average molecular weight is 494 g/mol. The smallest absolute Gasteiger partial charge is 0.251 e. The van der Waals surface area contributed by atoms with E-state index in [1.165, 1.54) is 11.3 Å². The number of anilines is 2. The van der Waals surface area contributed by atoms with Gasteiger partial charge >= 0.3 is 0 Å². The summed E-state index contributed by atoms with van der Waals surface area (Å²) in [6.07, 6.45) is 0.632. The minimum absolute atomic E-state index is 0.0677. The highest BCUT2D eigenvalue weighted by Gasteiger charge is 2.36. The van der Waals surface area contributed by atoms with Crippen molar-refractivity contribution in [3.05, 3.63) is 64.2 Å². The Hall–Kier alpha value is -3.79. The molecule has 1 aromatic heterocycles. The number of carbonyl (C=O) groups is 3. The lowest BCUT2D eigenvalue weighted by atomic mass is 10.1. The van der Waals surface area contributed by atoms with Crippen molar-refractivity contribution in [3.63, 3.8) is 0 Å². The van der Waals surface area contributed by atoms with E-state index in [1.54, 1.807) is 36.3 Å². The summed E-state index contributed by atoms with van der Waals surface area (Å²) in [5, 5.41) is 14.8. The molecule has 2 heterocycles. The van der Waals surface area contributed by atoms with E-state index in [0.717, 1.165) is 16.8 Å². The minimum atomic E-state index is -0.460. The number of amides is 3. The molecule has 3 amide bonds. The first-order chi connectivity index (χ1) is 16.8. The van der Waals surface area contributed by atoms with Crippen molar-refractivity contribution in [3.8, 4) is 5.75 Å². The fourth-order valence-electron chi connectivity index (χ4n) is 3.99. The summed E-state index contributed by atoms with van der Waals surface area (Å²) in [5.74, 6) is -0.372. The van der Waals surface area contributed by atoms with Crippen molar-refractivity contribution >= 4 is 39.9 Å². The molecule has 0 bridgehead atoms. The van der Waals surface area contributed by atoms with Crippen LogP contribution in [0.2, 0.25) is 0 Å². The monoisotopic (exact) mass is 493 g/mol. The highest BCUT2D eigenvalue weighted by molar-refractivity contribution is 7.15. The van der Waals surface area contributed by atoms with Crippen molar-refractivity contribution in [2.24, 2.45) is 5.92 Å². The lowest BCUT2D eigenvalue weighted by Gasteiger charge is -2.19. The van der Waals surface area contributed by atoms with E-state index in [9.17, 15) is 14.4 Å². The maximum absolute atomic E-state index is 12.8. The second-order valence-corrected chi connectivity index (χ2v) is 9.49. The van der Waals surface area contributed by atoms with Crippen LogP contribution in [0.15, 0.2) is 42.5 Å². The van der Waals surface area contributed by atoms with E-state index in [-0.39, 0.29) is 24.1 Å². The summed E-state index contributed by atoms with van der Waals surface area (Å²) in [4.78, 5) is 39.3. The van der Waals surface area contributed by atoms with E-state index >= 15 is 0 Å². The summed E-state index contributed by atoms with van der Waals surface area (Å²) < 4.78 is 5.14. The SMILES string of the molecule is COc1cccc(C(=O)NCCc2nnc(NC(=O)C3CC(=O)N(c4ccc(C)cc4C)C3)s2)c1. The number of aryl methyl sites for hydroxylation is 2. The Morgan fingerprint density at radius 3 is 2.77 bits per heavy atom. The van der Waals surface area contributed by atoms with Crippen LogP contribution in [0.5, 0.6) is 5.75 Å². The molecular weight excluding hydrogens is 466 g/mol. The van der Waals surface area contributed by atoms with Crippen molar-refractivity contribution in [1.82, 2.24) is 15.5 Å². The van der Waals surface area contributed by atoms with Crippen LogP contribution in [-0.4, -0.2) is 48.1 Å². The van der Waals surface area contributed by atoms with Gasteiger partial charge in [0.1, 0.15) is 10.8 Å². The molecule has 1 aliphatic rings. The Labute approximate surface area is 207 Å². The molecule has 3 aromatic rings. The Kier molecular flexibility index (Phi) is 7.40. The van der Waals surface area contributed by atoms with Gasteiger partial charge in [0.25, 0.3) is 5.91 Å². The number of methoxy groups -OCH3 is 1. The van der Waals surface area contributed by atoms with Gasteiger partial charge in [-0.1, -0.05) is 35.1 Å². The third-order valence-electron chi connectivity index (χ3n) is 5.79. The van der Waals surface area contributed by atoms with Crippen molar-refractivity contribution in [2.45, 2.75) is 26.7 Å². The number of carbonyl (C=O) groups excluding carboxylic acids is 3. The quantitative estimate of drug-likeness (QED) is 0.499. The first-order valence-electron chi connectivity index (χ1n) is 11.3. The maximum Gasteiger partial charge on any atom is 0.251 e. The zero-order chi connectivity index (χ0) is 24.9. The molecule has 35 heavy (non-hydrogen) atoms. The molecule has 0 aliphatic carbocycles. The molecule has 9 nitrogen and oxygen atoms in total. The summed E-state index contributed by atoms with van der Waals surface area (Å²) in [7, 11) is 1.55. The summed E-state index contributed by atoms with van der Waals surface area (Å²) in [5.41, 5.74) is 3.48. The lowest BCUT2D eigenvalue weighted by Crippen LogP contribution is -2.28. The summed E-state index contributed by atoms with van der Waals surface area (Å²) in [6.45, 7) is 4.67. The van der Waals surface area contributed by atoms with Gasteiger partial charge in [0.2, 0.25) is 16.9 Å². The van der Waals surface area contributed by atoms with Gasteiger partial charge in [0, 0.05) is 37.2 Å². The molecule has 0 radical (unpaired) electrons. The number of ether oxygens (including phenoxy) is 1. The fraction of sp³-hybridized carbons (Fsp3) is 0.320. The molecular formula is C25H27N5O4S. The zero-order valence-corrected chi connectivity index (χ0v) is 20.6. The largest absolute Gasteiger partial charge is 0.497 e. The number of hydrogen-bond donors (Lipinski definition) is 2. The molecule has 1 fully saturated rings. The predicted octanol–water partition coefficient (Wildman–Crippen LogP) is 3.13. The van der Waals surface area contributed by atoms with Crippen LogP contribution in [0.1, 0.15) is 32.9 Å². The lowest BCUT2D eigenvalue weighted by molar-refractivity contribution is -0.122. The molecule has 4 rings (SSSR count). The first-order valence-corrected chi connectivity index (χ1v) is 12.1. The summed E-state index contributed by atoms with van der Waals surface area (Å²) in [6, 6.07) is 12.8. The third-order valence-corrected chi connectivity index (χ3v) is 6.69. The van der Waals surface area contributed by atoms with Crippen LogP contribution in [0.3, 0.4) is 0 Å². The molecule has 1 aliphatic heterocycles. The van der Waals surface area contributed by atoms with Crippen LogP contribution in [0, 0.1) is 19.8 Å². The topological polar surface area (TPSA) is 114 Å². The van der Waals surface area contributed by atoms with E-state index in [1.807, 2.05) is 32.0 Å². The molecule has 0 spiro atoms. The number of benzene rings is 2. The highest BCUT2D eigenvalue weighted by Crippen LogP contribution is 2.29. The highest BCUT2D eigenvalue weighted by atomic mass is 32.1. The number of aromatic nitrogens is 2. The molecule has 1 unspecified atom stereocenters. The van der Waals surface area contributed by atoms with Gasteiger partial charge < -0.3 is 20.3 Å². The minimum Gasteiger partial charge on any atom is -0.497 e. The van der Waals surface area contributed by atoms with Crippen molar-refractivity contribution < 1.29 is 19.1 Å². The number of hydrogen-bond acceptors (Lipinski definition) is 7. The van der Waals surface area contributed by atoms with E-state index in [2.05, 4.69) is 20.8 Å². The molecule has 2 aromatic carbocycles. The van der Waals surface area contributed by atoms with Gasteiger partial charge in [-0.3, -0.25) is 14.4 Å². The molecule has 1 atom stereocenters. The molecule has 1 saturated heterocycles. The first kappa shape index (κ1) is 24.3. The van der Waals surface area contributed by atoms with Gasteiger partial charge in [-0.25, -0.2) is 0 Å². The molecule has 0 saturated carbocycles. The number of rotatable bonds is 8. The van der Waals surface area contributed by atoms with Gasteiger partial charge in [-0.15, -0.1) is 10.2 Å². The van der Waals surface area contributed by atoms with Gasteiger partial charge in [-0.05, 0) is 43.7 Å². The third kappa shape index (κ3) is 5.83. The van der Waals surface area contributed by atoms with E-state index in [4.69, 9.17) is 4.74 Å². The van der Waals surface area contributed by atoms with Crippen LogP contribution in [-0.2, 0) is 16.0 Å². The van der Waals surface area contributed by atoms with Gasteiger partial charge in [0.05, 0.1) is 13.0 Å². The van der Waals surface area contributed by atoms with Crippen LogP contribution in [0.25, 0.3) is 0 Å².